The molecule has 78 valence electrons. The van der Waals surface area contributed by atoms with E-state index in [0.717, 1.165) is 5.69 Å². The highest BCUT2D eigenvalue weighted by molar-refractivity contribution is 5.79. The van der Waals surface area contributed by atoms with E-state index >= 15 is 0 Å². The zero-order valence-electron chi connectivity index (χ0n) is 8.53. The van der Waals surface area contributed by atoms with Crippen molar-refractivity contribution in [2.45, 2.75) is 26.9 Å². The van der Waals surface area contributed by atoms with Crippen LogP contribution in [0.15, 0.2) is 12.5 Å². The number of carbonyl (C=O) groups is 1. The van der Waals surface area contributed by atoms with Crippen molar-refractivity contribution in [3.63, 3.8) is 0 Å². The highest BCUT2D eigenvalue weighted by Gasteiger charge is 2.25. The van der Waals surface area contributed by atoms with Gasteiger partial charge in [0.05, 0.1) is 17.4 Å². The van der Waals surface area contributed by atoms with Gasteiger partial charge in [-0.1, -0.05) is 0 Å². The summed E-state index contributed by atoms with van der Waals surface area (Å²) in [5.41, 5.74) is 11.1. The minimum absolute atomic E-state index is 0.325. The van der Waals surface area contributed by atoms with Crippen LogP contribution in [0.4, 0.5) is 0 Å². The van der Waals surface area contributed by atoms with E-state index in [1.54, 1.807) is 26.4 Å². The number of nitrogens with zero attached hydrogens (tertiary/aromatic N) is 2. The molecule has 0 bridgehead atoms. The van der Waals surface area contributed by atoms with Crippen LogP contribution in [0.3, 0.4) is 0 Å². The predicted octanol–water partition coefficient (Wildman–Crippen LogP) is -0.147. The van der Waals surface area contributed by atoms with E-state index in [4.69, 9.17) is 11.5 Å². The first-order valence-corrected chi connectivity index (χ1v) is 4.46. The number of carbonyl (C=O) groups excluding carboxylic acids is 1. The van der Waals surface area contributed by atoms with Gasteiger partial charge in [0.15, 0.2) is 0 Å². The number of primary amides is 1. The molecule has 1 amide bonds. The smallest absolute Gasteiger partial charge is 0.224 e. The van der Waals surface area contributed by atoms with E-state index in [9.17, 15) is 4.79 Å². The minimum atomic E-state index is -0.579. The fourth-order valence-electron chi connectivity index (χ4n) is 1.16. The maximum Gasteiger partial charge on any atom is 0.224 e. The van der Waals surface area contributed by atoms with Crippen molar-refractivity contribution in [3.05, 3.63) is 18.2 Å². The highest BCUT2D eigenvalue weighted by atomic mass is 16.1. The molecule has 5 heteroatoms. The number of imidazole rings is 1. The minimum Gasteiger partial charge on any atom is -0.369 e. The van der Waals surface area contributed by atoms with E-state index in [-0.39, 0.29) is 5.91 Å². The standard InChI is InChI=1S/C9H16N4O/c1-9(2,8(11)14)5-13-6-12-4-7(13)3-10/h4,6H,3,5,10H2,1-2H3,(H2,11,14). The Morgan fingerprint density at radius 1 is 1.64 bits per heavy atom. The van der Waals surface area contributed by atoms with E-state index in [0.29, 0.717) is 13.1 Å². The Morgan fingerprint density at radius 3 is 2.79 bits per heavy atom. The highest BCUT2D eigenvalue weighted by Crippen LogP contribution is 2.18. The second-order valence-electron chi connectivity index (χ2n) is 3.97. The molecule has 0 saturated carbocycles. The molecule has 4 N–H and O–H groups in total. The van der Waals surface area contributed by atoms with Crippen LogP contribution < -0.4 is 11.5 Å². The second kappa shape index (κ2) is 3.79. The lowest BCUT2D eigenvalue weighted by Gasteiger charge is -2.21. The van der Waals surface area contributed by atoms with Crippen LogP contribution in [0.1, 0.15) is 19.5 Å². The summed E-state index contributed by atoms with van der Waals surface area (Å²) in [6.07, 6.45) is 3.35. The molecule has 14 heavy (non-hydrogen) atoms. The van der Waals surface area contributed by atoms with Crippen molar-refractivity contribution in [3.8, 4) is 0 Å². The SMILES string of the molecule is CC(C)(Cn1cncc1CN)C(N)=O. The third-order valence-electron chi connectivity index (χ3n) is 2.24. The first-order chi connectivity index (χ1) is 6.47. The Bertz CT molecular complexity index is 329. The third-order valence-corrected chi connectivity index (χ3v) is 2.24. The Labute approximate surface area is 83.1 Å². The zero-order valence-corrected chi connectivity index (χ0v) is 8.53. The van der Waals surface area contributed by atoms with Gasteiger partial charge in [-0.25, -0.2) is 4.98 Å². The molecule has 1 aromatic rings. The Hall–Kier alpha value is -1.36. The van der Waals surface area contributed by atoms with Gasteiger partial charge in [0.2, 0.25) is 5.91 Å². The number of rotatable bonds is 4. The van der Waals surface area contributed by atoms with Gasteiger partial charge in [-0.3, -0.25) is 4.79 Å². The Balaban J connectivity index is 2.83. The van der Waals surface area contributed by atoms with Crippen LogP contribution in [-0.4, -0.2) is 15.5 Å². The summed E-state index contributed by atoms with van der Waals surface area (Å²) >= 11 is 0. The summed E-state index contributed by atoms with van der Waals surface area (Å²) < 4.78 is 1.85. The summed E-state index contributed by atoms with van der Waals surface area (Å²) in [5, 5.41) is 0. The fraction of sp³-hybridized carbons (Fsp3) is 0.556. The largest absolute Gasteiger partial charge is 0.369 e. The lowest BCUT2D eigenvalue weighted by molar-refractivity contribution is -0.126. The van der Waals surface area contributed by atoms with E-state index in [2.05, 4.69) is 4.98 Å². The Kier molecular flexibility index (Phi) is 2.90. The molecule has 1 rings (SSSR count). The average molecular weight is 196 g/mol. The molecule has 0 saturated heterocycles. The van der Waals surface area contributed by atoms with Crippen molar-refractivity contribution < 1.29 is 4.79 Å². The van der Waals surface area contributed by atoms with Gasteiger partial charge < -0.3 is 16.0 Å². The summed E-state index contributed by atoms with van der Waals surface area (Å²) in [7, 11) is 0. The van der Waals surface area contributed by atoms with E-state index in [1.807, 2.05) is 4.57 Å². The molecular formula is C9H16N4O. The second-order valence-corrected chi connectivity index (χ2v) is 3.97. The number of aromatic nitrogens is 2. The number of nitrogens with two attached hydrogens (primary N) is 2. The van der Waals surface area contributed by atoms with Crippen LogP contribution in [0, 0.1) is 5.41 Å². The first-order valence-electron chi connectivity index (χ1n) is 4.46. The van der Waals surface area contributed by atoms with Crippen molar-refractivity contribution in [2.75, 3.05) is 0 Å². The molecule has 0 radical (unpaired) electrons. The van der Waals surface area contributed by atoms with Crippen molar-refractivity contribution in [2.24, 2.45) is 16.9 Å². The maximum absolute atomic E-state index is 11.1. The van der Waals surface area contributed by atoms with Gasteiger partial charge in [0.25, 0.3) is 0 Å². The summed E-state index contributed by atoms with van der Waals surface area (Å²) in [4.78, 5) is 15.1. The predicted molar refractivity (Wildman–Crippen MR) is 53.1 cm³/mol. The molecular weight excluding hydrogens is 180 g/mol. The van der Waals surface area contributed by atoms with Gasteiger partial charge in [-0.05, 0) is 13.8 Å². The zero-order chi connectivity index (χ0) is 10.8. The molecule has 0 aliphatic heterocycles. The van der Waals surface area contributed by atoms with Gasteiger partial charge in [0.1, 0.15) is 0 Å². The molecule has 0 aromatic carbocycles. The van der Waals surface area contributed by atoms with Crippen molar-refractivity contribution in [1.82, 2.24) is 9.55 Å². The van der Waals surface area contributed by atoms with Crippen LogP contribution in [0.2, 0.25) is 0 Å². The monoisotopic (exact) mass is 196 g/mol. The molecule has 0 spiro atoms. The lowest BCUT2D eigenvalue weighted by atomic mass is 9.92. The molecule has 1 heterocycles. The van der Waals surface area contributed by atoms with Crippen molar-refractivity contribution in [1.29, 1.82) is 0 Å². The number of amides is 1. The molecule has 1 aromatic heterocycles. The first kappa shape index (κ1) is 10.7. The third kappa shape index (κ3) is 2.11. The quantitative estimate of drug-likeness (QED) is 0.702. The lowest BCUT2D eigenvalue weighted by Crippen LogP contribution is -2.35. The van der Waals surface area contributed by atoms with Crippen LogP contribution in [-0.2, 0) is 17.9 Å². The van der Waals surface area contributed by atoms with Crippen molar-refractivity contribution >= 4 is 5.91 Å². The van der Waals surface area contributed by atoms with Gasteiger partial charge in [-0.15, -0.1) is 0 Å². The summed E-state index contributed by atoms with van der Waals surface area (Å²) in [5.74, 6) is -0.325. The van der Waals surface area contributed by atoms with Crippen LogP contribution in [0.25, 0.3) is 0 Å². The van der Waals surface area contributed by atoms with Gasteiger partial charge >= 0.3 is 0 Å². The molecule has 0 aliphatic carbocycles. The topological polar surface area (TPSA) is 86.9 Å². The molecule has 0 fully saturated rings. The molecule has 0 atom stereocenters. The maximum atomic E-state index is 11.1. The van der Waals surface area contributed by atoms with Gasteiger partial charge in [-0.2, -0.15) is 0 Å². The fourth-order valence-corrected chi connectivity index (χ4v) is 1.16. The molecule has 5 nitrogen and oxygen atoms in total. The average Bonchev–Trinajstić information content (AvgIpc) is 2.50. The Morgan fingerprint density at radius 2 is 2.29 bits per heavy atom. The van der Waals surface area contributed by atoms with E-state index in [1.165, 1.54) is 0 Å². The molecule has 0 aliphatic rings. The number of hydrogen-bond donors (Lipinski definition) is 2. The van der Waals surface area contributed by atoms with Crippen LogP contribution in [0.5, 0.6) is 0 Å². The summed E-state index contributed by atoms with van der Waals surface area (Å²) in [6.45, 7) is 4.52. The normalized spacial score (nSPS) is 11.6. The summed E-state index contributed by atoms with van der Waals surface area (Å²) in [6, 6.07) is 0. The van der Waals surface area contributed by atoms with Crippen LogP contribution >= 0.6 is 0 Å². The molecule has 0 unspecified atom stereocenters. The number of hydrogen-bond acceptors (Lipinski definition) is 3. The van der Waals surface area contributed by atoms with Gasteiger partial charge in [0, 0.05) is 19.3 Å². The van der Waals surface area contributed by atoms with E-state index < -0.39 is 5.41 Å².